The molecule has 2 aromatic rings. The number of amides is 1. The summed E-state index contributed by atoms with van der Waals surface area (Å²) < 4.78 is 16.2. The fraction of sp³-hybridized carbons (Fsp3) is 0.238. The number of benzene rings is 2. The van der Waals surface area contributed by atoms with E-state index in [1.165, 1.54) is 0 Å². The van der Waals surface area contributed by atoms with Gasteiger partial charge in [0.2, 0.25) is 12.7 Å². The third kappa shape index (κ3) is 4.04. The number of fused-ring (bicyclic) bond motifs is 1. The zero-order valence-corrected chi connectivity index (χ0v) is 17.0. The predicted molar refractivity (Wildman–Crippen MR) is 107 cm³/mol. The van der Waals surface area contributed by atoms with Crippen LogP contribution >= 0.6 is 23.2 Å². The summed E-state index contributed by atoms with van der Waals surface area (Å²) in [6, 6.07) is 10.3. The Bertz CT molecular complexity index is 1030. The fourth-order valence-electron chi connectivity index (χ4n) is 3.48. The van der Waals surface area contributed by atoms with E-state index in [2.05, 4.69) is 5.32 Å². The van der Waals surface area contributed by atoms with Crippen LogP contribution in [0.5, 0.6) is 11.5 Å². The number of nitrogens with one attached hydrogen (secondary N) is 1. The molecule has 0 saturated heterocycles. The first-order valence-electron chi connectivity index (χ1n) is 8.93. The molecule has 29 heavy (non-hydrogen) atoms. The highest BCUT2D eigenvalue weighted by molar-refractivity contribution is 6.35. The van der Waals surface area contributed by atoms with Crippen molar-refractivity contribution in [2.75, 3.05) is 6.79 Å². The third-order valence-electron chi connectivity index (χ3n) is 4.83. The molecular weight excluding hydrogens is 417 g/mol. The van der Waals surface area contributed by atoms with Gasteiger partial charge in [-0.1, -0.05) is 35.3 Å². The predicted octanol–water partition coefficient (Wildman–Crippen LogP) is 4.34. The minimum absolute atomic E-state index is 0.0568. The van der Waals surface area contributed by atoms with Gasteiger partial charge in [0.15, 0.2) is 11.5 Å². The summed E-state index contributed by atoms with van der Waals surface area (Å²) in [5, 5.41) is 3.58. The van der Waals surface area contributed by atoms with E-state index in [0.717, 1.165) is 5.56 Å². The molecule has 1 amide bonds. The van der Waals surface area contributed by atoms with E-state index in [1.54, 1.807) is 43.3 Å². The lowest BCUT2D eigenvalue weighted by Gasteiger charge is -2.27. The molecule has 0 aliphatic carbocycles. The Morgan fingerprint density at radius 2 is 1.97 bits per heavy atom. The van der Waals surface area contributed by atoms with E-state index in [-0.39, 0.29) is 25.7 Å². The van der Waals surface area contributed by atoms with Crippen LogP contribution in [-0.4, -0.2) is 18.7 Å². The second kappa shape index (κ2) is 7.97. The van der Waals surface area contributed by atoms with E-state index < -0.39 is 11.9 Å². The van der Waals surface area contributed by atoms with E-state index >= 15 is 0 Å². The van der Waals surface area contributed by atoms with Crippen molar-refractivity contribution in [2.24, 2.45) is 0 Å². The standard InChI is InChI=1S/C21H17Cl2NO5/c1-11-20(15(8-19(25)24-11)14-4-3-13(22)7-16(14)23)21(26)27-9-12-2-5-17-18(6-12)29-10-28-17/h2-7,15H,8-10H2,1H3,(H,24,25). The Balaban J connectivity index is 1.57. The van der Waals surface area contributed by atoms with Crippen molar-refractivity contribution in [1.29, 1.82) is 0 Å². The summed E-state index contributed by atoms with van der Waals surface area (Å²) in [7, 11) is 0. The molecule has 0 bridgehead atoms. The number of allylic oxidation sites excluding steroid dienone is 1. The van der Waals surface area contributed by atoms with Crippen molar-refractivity contribution in [3.05, 3.63) is 68.8 Å². The van der Waals surface area contributed by atoms with Gasteiger partial charge in [-0.05, 0) is 42.3 Å². The highest BCUT2D eigenvalue weighted by Gasteiger charge is 2.34. The quantitative estimate of drug-likeness (QED) is 0.725. The molecule has 0 spiro atoms. The van der Waals surface area contributed by atoms with Crippen molar-refractivity contribution < 1.29 is 23.8 Å². The lowest BCUT2D eigenvalue weighted by molar-refractivity contribution is -0.141. The second-order valence-electron chi connectivity index (χ2n) is 6.77. The number of ether oxygens (including phenoxy) is 3. The van der Waals surface area contributed by atoms with Crippen molar-refractivity contribution >= 4 is 35.1 Å². The molecule has 8 heteroatoms. The average molecular weight is 434 g/mol. The maximum Gasteiger partial charge on any atom is 0.336 e. The SMILES string of the molecule is CC1=C(C(=O)OCc2ccc3c(c2)OCO3)C(c2ccc(Cl)cc2Cl)CC(=O)N1. The molecule has 0 aromatic heterocycles. The molecule has 150 valence electrons. The van der Waals surface area contributed by atoms with Crippen LogP contribution in [0.1, 0.15) is 30.4 Å². The first kappa shape index (κ1) is 19.6. The Kier molecular flexibility index (Phi) is 5.39. The number of esters is 1. The van der Waals surface area contributed by atoms with Gasteiger partial charge in [-0.15, -0.1) is 0 Å². The van der Waals surface area contributed by atoms with Gasteiger partial charge < -0.3 is 19.5 Å². The Morgan fingerprint density at radius 1 is 1.17 bits per heavy atom. The molecular formula is C21H17Cl2NO5. The zero-order chi connectivity index (χ0) is 20.5. The number of carbonyl (C=O) groups is 2. The molecule has 2 aliphatic heterocycles. The first-order valence-corrected chi connectivity index (χ1v) is 9.69. The lowest BCUT2D eigenvalue weighted by atomic mass is 9.84. The van der Waals surface area contributed by atoms with E-state index in [1.807, 2.05) is 0 Å². The molecule has 0 fully saturated rings. The van der Waals surface area contributed by atoms with Crippen molar-refractivity contribution in [3.8, 4) is 11.5 Å². The van der Waals surface area contributed by atoms with Crippen molar-refractivity contribution in [2.45, 2.75) is 25.9 Å². The van der Waals surface area contributed by atoms with Gasteiger partial charge >= 0.3 is 5.97 Å². The first-order chi connectivity index (χ1) is 13.9. The van der Waals surface area contributed by atoms with Crippen LogP contribution < -0.4 is 14.8 Å². The number of rotatable bonds is 4. The number of carbonyl (C=O) groups excluding carboxylic acids is 2. The van der Waals surface area contributed by atoms with E-state index in [0.29, 0.717) is 38.4 Å². The highest BCUT2D eigenvalue weighted by atomic mass is 35.5. The molecule has 6 nitrogen and oxygen atoms in total. The van der Waals surface area contributed by atoms with Crippen LogP contribution in [0.3, 0.4) is 0 Å². The monoisotopic (exact) mass is 433 g/mol. The largest absolute Gasteiger partial charge is 0.457 e. The third-order valence-corrected chi connectivity index (χ3v) is 5.40. The van der Waals surface area contributed by atoms with Crippen LogP contribution in [0.4, 0.5) is 0 Å². The maximum absolute atomic E-state index is 12.9. The molecule has 2 heterocycles. The van der Waals surface area contributed by atoms with Crippen LogP contribution in [0.25, 0.3) is 0 Å². The van der Waals surface area contributed by atoms with Gasteiger partial charge in [0.1, 0.15) is 6.61 Å². The Morgan fingerprint density at radius 3 is 2.76 bits per heavy atom. The van der Waals surface area contributed by atoms with E-state index in [4.69, 9.17) is 37.4 Å². The van der Waals surface area contributed by atoms with Crippen LogP contribution in [0.15, 0.2) is 47.7 Å². The Labute approximate surface area is 177 Å². The summed E-state index contributed by atoms with van der Waals surface area (Å²) in [4.78, 5) is 25.0. The van der Waals surface area contributed by atoms with Crippen molar-refractivity contribution in [3.63, 3.8) is 0 Å². The van der Waals surface area contributed by atoms with Crippen LogP contribution in [0, 0.1) is 0 Å². The van der Waals surface area contributed by atoms with E-state index in [9.17, 15) is 9.59 Å². The average Bonchev–Trinajstić information content (AvgIpc) is 3.13. The second-order valence-corrected chi connectivity index (χ2v) is 7.62. The summed E-state index contributed by atoms with van der Waals surface area (Å²) >= 11 is 12.3. The molecule has 2 aliphatic rings. The maximum atomic E-state index is 12.9. The van der Waals surface area contributed by atoms with Gasteiger partial charge in [-0.25, -0.2) is 4.79 Å². The normalized spacial score (nSPS) is 17.9. The number of hydrogen-bond donors (Lipinski definition) is 1. The smallest absolute Gasteiger partial charge is 0.336 e. The summed E-state index contributed by atoms with van der Waals surface area (Å²) in [6.45, 7) is 1.90. The molecule has 0 radical (unpaired) electrons. The van der Waals surface area contributed by atoms with Gasteiger partial charge in [-0.3, -0.25) is 4.79 Å². The van der Waals surface area contributed by atoms with Crippen LogP contribution in [0.2, 0.25) is 10.0 Å². The van der Waals surface area contributed by atoms with Crippen molar-refractivity contribution in [1.82, 2.24) is 5.32 Å². The Hall–Kier alpha value is -2.70. The summed E-state index contributed by atoms with van der Waals surface area (Å²) in [5.74, 6) is 0.0514. The number of halogens is 2. The van der Waals surface area contributed by atoms with Crippen LogP contribution in [-0.2, 0) is 20.9 Å². The minimum Gasteiger partial charge on any atom is -0.457 e. The summed E-state index contributed by atoms with van der Waals surface area (Å²) in [6.07, 6.45) is 0.0904. The lowest BCUT2D eigenvalue weighted by Crippen LogP contribution is -2.34. The molecule has 0 saturated carbocycles. The molecule has 4 rings (SSSR count). The minimum atomic E-state index is -0.517. The van der Waals surface area contributed by atoms with Gasteiger partial charge in [0, 0.05) is 28.1 Å². The van der Waals surface area contributed by atoms with Gasteiger partial charge in [-0.2, -0.15) is 0 Å². The number of hydrogen-bond acceptors (Lipinski definition) is 5. The molecule has 1 unspecified atom stereocenters. The zero-order valence-electron chi connectivity index (χ0n) is 15.5. The highest BCUT2D eigenvalue weighted by Crippen LogP contribution is 2.38. The fourth-order valence-corrected chi connectivity index (χ4v) is 4.02. The summed E-state index contributed by atoms with van der Waals surface area (Å²) in [5.41, 5.74) is 2.24. The molecule has 1 N–H and O–H groups in total. The molecule has 2 aromatic carbocycles. The van der Waals surface area contributed by atoms with Gasteiger partial charge in [0.25, 0.3) is 0 Å². The van der Waals surface area contributed by atoms with Gasteiger partial charge in [0.05, 0.1) is 5.57 Å². The molecule has 1 atom stereocenters. The topological polar surface area (TPSA) is 73.9 Å².